The van der Waals surface area contributed by atoms with E-state index in [0.717, 1.165) is 24.5 Å². The van der Waals surface area contributed by atoms with Crippen molar-refractivity contribution in [2.45, 2.75) is 26.9 Å². The highest BCUT2D eigenvalue weighted by Gasteiger charge is 2.17. The Morgan fingerprint density at radius 3 is 2.20 bits per heavy atom. The summed E-state index contributed by atoms with van der Waals surface area (Å²) in [6.07, 6.45) is -0.640. The average molecular weight is 342 g/mol. The van der Waals surface area contributed by atoms with Gasteiger partial charge in [-0.15, -0.1) is 0 Å². The molecular weight excluding hydrogens is 316 g/mol. The van der Waals surface area contributed by atoms with Crippen molar-refractivity contribution in [1.29, 1.82) is 0 Å². The van der Waals surface area contributed by atoms with Crippen LogP contribution >= 0.6 is 0 Å². The van der Waals surface area contributed by atoms with Crippen LogP contribution in [0.25, 0.3) is 0 Å². The van der Waals surface area contributed by atoms with E-state index in [2.05, 4.69) is 24.1 Å². The molecule has 0 spiro atoms. The molecule has 2 rings (SSSR count). The molecule has 1 atom stereocenters. The van der Waals surface area contributed by atoms with Gasteiger partial charge in [0.05, 0.1) is 7.11 Å². The number of hydrogen-bond donors (Lipinski definition) is 1. The van der Waals surface area contributed by atoms with Gasteiger partial charge in [0.25, 0.3) is 5.91 Å². The predicted molar refractivity (Wildman–Crippen MR) is 102 cm³/mol. The highest BCUT2D eigenvalue weighted by atomic mass is 16.5. The monoisotopic (exact) mass is 342 g/mol. The first-order valence-corrected chi connectivity index (χ1v) is 8.54. The van der Waals surface area contributed by atoms with Crippen LogP contribution in [0.1, 0.15) is 20.8 Å². The lowest BCUT2D eigenvalue weighted by atomic mass is 10.2. The van der Waals surface area contributed by atoms with Gasteiger partial charge in [-0.1, -0.05) is 12.1 Å². The second kappa shape index (κ2) is 8.97. The van der Waals surface area contributed by atoms with Crippen molar-refractivity contribution in [2.75, 3.05) is 30.4 Å². The zero-order valence-electron chi connectivity index (χ0n) is 15.3. The molecule has 1 N–H and O–H groups in total. The maximum Gasteiger partial charge on any atom is 0.265 e. The van der Waals surface area contributed by atoms with E-state index in [1.165, 1.54) is 0 Å². The second-order valence-corrected chi connectivity index (χ2v) is 5.62. The molecule has 134 valence electrons. The summed E-state index contributed by atoms with van der Waals surface area (Å²) < 4.78 is 11.0. The third-order valence-corrected chi connectivity index (χ3v) is 4.01. The highest BCUT2D eigenvalue weighted by molar-refractivity contribution is 5.94. The molecule has 0 bridgehead atoms. The minimum Gasteiger partial charge on any atom is -0.493 e. The van der Waals surface area contributed by atoms with Gasteiger partial charge in [0, 0.05) is 24.5 Å². The molecule has 25 heavy (non-hydrogen) atoms. The predicted octanol–water partition coefficient (Wildman–Crippen LogP) is 3.95. The Labute approximate surface area is 149 Å². The number of amides is 1. The van der Waals surface area contributed by atoms with Crippen LogP contribution < -0.4 is 19.7 Å². The van der Waals surface area contributed by atoms with Crippen molar-refractivity contribution < 1.29 is 14.3 Å². The third kappa shape index (κ3) is 4.89. The van der Waals surface area contributed by atoms with Gasteiger partial charge in [0.15, 0.2) is 17.6 Å². The Morgan fingerprint density at radius 2 is 1.64 bits per heavy atom. The molecule has 0 saturated carbocycles. The molecule has 2 aromatic rings. The number of methoxy groups -OCH3 is 1. The number of nitrogens with zero attached hydrogens (tertiary/aromatic N) is 1. The molecule has 0 aliphatic heterocycles. The van der Waals surface area contributed by atoms with Crippen LogP contribution in [0, 0.1) is 0 Å². The lowest BCUT2D eigenvalue weighted by Gasteiger charge is -2.21. The average Bonchev–Trinajstić information content (AvgIpc) is 2.64. The van der Waals surface area contributed by atoms with Crippen molar-refractivity contribution >= 4 is 17.3 Å². The molecule has 2 aromatic carbocycles. The van der Waals surface area contributed by atoms with Gasteiger partial charge in [-0.3, -0.25) is 4.79 Å². The van der Waals surface area contributed by atoms with Crippen molar-refractivity contribution in [3.8, 4) is 11.5 Å². The van der Waals surface area contributed by atoms with Crippen LogP contribution in [-0.2, 0) is 4.79 Å². The van der Waals surface area contributed by atoms with Crippen LogP contribution in [0.3, 0.4) is 0 Å². The van der Waals surface area contributed by atoms with Crippen LogP contribution in [0.15, 0.2) is 48.5 Å². The fourth-order valence-corrected chi connectivity index (χ4v) is 2.55. The maximum atomic E-state index is 12.4. The summed E-state index contributed by atoms with van der Waals surface area (Å²) in [4.78, 5) is 14.6. The Bertz CT molecular complexity index is 682. The van der Waals surface area contributed by atoms with E-state index in [1.807, 2.05) is 36.4 Å². The summed E-state index contributed by atoms with van der Waals surface area (Å²) in [5, 5.41) is 2.88. The van der Waals surface area contributed by atoms with Gasteiger partial charge >= 0.3 is 0 Å². The zero-order valence-corrected chi connectivity index (χ0v) is 15.3. The molecule has 0 heterocycles. The van der Waals surface area contributed by atoms with Gasteiger partial charge in [-0.25, -0.2) is 0 Å². The van der Waals surface area contributed by atoms with Gasteiger partial charge < -0.3 is 19.7 Å². The first-order chi connectivity index (χ1) is 12.1. The Kier molecular flexibility index (Phi) is 6.69. The summed E-state index contributed by atoms with van der Waals surface area (Å²) in [6, 6.07) is 15.1. The Balaban J connectivity index is 1.99. The summed E-state index contributed by atoms with van der Waals surface area (Å²) in [5.74, 6) is 0.941. The molecule has 1 unspecified atom stereocenters. The quantitative estimate of drug-likeness (QED) is 0.789. The standard InChI is InChI=1S/C20H26N2O3/c1-5-22(6-2)17-13-11-16(12-14-17)21-20(23)15(3)25-19-10-8-7-9-18(19)24-4/h7-15H,5-6H2,1-4H3,(H,21,23). The van der Waals surface area contributed by atoms with E-state index in [1.54, 1.807) is 26.2 Å². The fraction of sp³-hybridized carbons (Fsp3) is 0.350. The number of rotatable bonds is 8. The van der Waals surface area contributed by atoms with Gasteiger partial charge in [-0.2, -0.15) is 0 Å². The Hall–Kier alpha value is -2.69. The molecular formula is C20H26N2O3. The molecule has 0 saturated heterocycles. The topological polar surface area (TPSA) is 50.8 Å². The zero-order chi connectivity index (χ0) is 18.2. The van der Waals surface area contributed by atoms with Gasteiger partial charge in [-0.05, 0) is 57.2 Å². The molecule has 0 aromatic heterocycles. The van der Waals surface area contributed by atoms with E-state index in [-0.39, 0.29) is 5.91 Å². The smallest absolute Gasteiger partial charge is 0.265 e. The number of para-hydroxylation sites is 2. The van der Waals surface area contributed by atoms with E-state index >= 15 is 0 Å². The molecule has 0 fully saturated rings. The minimum absolute atomic E-state index is 0.207. The summed E-state index contributed by atoms with van der Waals surface area (Å²) in [6.45, 7) is 7.86. The number of nitrogens with one attached hydrogen (secondary N) is 1. The number of benzene rings is 2. The van der Waals surface area contributed by atoms with Crippen LogP contribution in [-0.4, -0.2) is 32.2 Å². The summed E-state index contributed by atoms with van der Waals surface area (Å²) in [7, 11) is 1.57. The molecule has 5 heteroatoms. The van der Waals surface area contributed by atoms with E-state index in [4.69, 9.17) is 9.47 Å². The molecule has 0 aliphatic carbocycles. The molecule has 1 amide bonds. The minimum atomic E-state index is -0.640. The van der Waals surface area contributed by atoms with E-state index < -0.39 is 6.10 Å². The van der Waals surface area contributed by atoms with Crippen LogP contribution in [0.2, 0.25) is 0 Å². The molecule has 0 aliphatic rings. The van der Waals surface area contributed by atoms with Crippen molar-refractivity contribution in [1.82, 2.24) is 0 Å². The number of ether oxygens (including phenoxy) is 2. The normalized spacial score (nSPS) is 11.5. The number of anilines is 2. The Morgan fingerprint density at radius 1 is 1.04 bits per heavy atom. The first kappa shape index (κ1) is 18.6. The van der Waals surface area contributed by atoms with E-state index in [9.17, 15) is 4.79 Å². The number of carbonyl (C=O) groups is 1. The van der Waals surface area contributed by atoms with E-state index in [0.29, 0.717) is 11.5 Å². The van der Waals surface area contributed by atoms with Crippen molar-refractivity contribution in [3.05, 3.63) is 48.5 Å². The van der Waals surface area contributed by atoms with Gasteiger partial charge in [0.1, 0.15) is 0 Å². The van der Waals surface area contributed by atoms with Crippen molar-refractivity contribution in [3.63, 3.8) is 0 Å². The van der Waals surface area contributed by atoms with Crippen LogP contribution in [0.5, 0.6) is 11.5 Å². The molecule has 0 radical (unpaired) electrons. The summed E-state index contributed by atoms with van der Waals surface area (Å²) in [5.41, 5.74) is 1.89. The molecule has 5 nitrogen and oxygen atoms in total. The maximum absolute atomic E-state index is 12.4. The van der Waals surface area contributed by atoms with Crippen LogP contribution in [0.4, 0.5) is 11.4 Å². The second-order valence-electron chi connectivity index (χ2n) is 5.62. The lowest BCUT2D eigenvalue weighted by molar-refractivity contribution is -0.122. The number of hydrogen-bond acceptors (Lipinski definition) is 4. The SMILES string of the molecule is CCN(CC)c1ccc(NC(=O)C(C)Oc2ccccc2OC)cc1. The largest absolute Gasteiger partial charge is 0.493 e. The number of carbonyl (C=O) groups excluding carboxylic acids is 1. The fourth-order valence-electron chi connectivity index (χ4n) is 2.55. The summed E-state index contributed by atoms with van der Waals surface area (Å²) >= 11 is 0. The van der Waals surface area contributed by atoms with Gasteiger partial charge in [0.2, 0.25) is 0 Å². The lowest BCUT2D eigenvalue weighted by Crippen LogP contribution is -2.30. The third-order valence-electron chi connectivity index (χ3n) is 4.01. The highest BCUT2D eigenvalue weighted by Crippen LogP contribution is 2.27. The van der Waals surface area contributed by atoms with Crippen molar-refractivity contribution in [2.24, 2.45) is 0 Å². The first-order valence-electron chi connectivity index (χ1n) is 8.54.